The summed E-state index contributed by atoms with van der Waals surface area (Å²) >= 11 is 0. The smallest absolute Gasteiger partial charge is 0.225 e. The number of nitrogens with one attached hydrogen (secondary N) is 2. The largest absolute Gasteiger partial charge is 0.384 e. The van der Waals surface area contributed by atoms with Gasteiger partial charge in [-0.05, 0) is 18.1 Å². The fraction of sp³-hybridized carbons (Fsp3) is 0.385. The second kappa shape index (κ2) is 5.64. The molecule has 5 heteroatoms. The van der Waals surface area contributed by atoms with Crippen LogP contribution in [0.25, 0.3) is 10.9 Å². The topological polar surface area (TPSA) is 67.0 Å². The number of anilines is 1. The average molecular weight is 247 g/mol. The molecular weight excluding hydrogens is 230 g/mol. The third kappa shape index (κ3) is 2.87. The maximum Gasteiger partial charge on any atom is 0.225 e. The lowest BCUT2D eigenvalue weighted by molar-refractivity contribution is -0.117. The number of para-hydroxylation sites is 1. The normalized spacial score (nSPS) is 12.6. The van der Waals surface area contributed by atoms with Crippen molar-refractivity contribution in [3.8, 4) is 0 Å². The molecule has 0 radical (unpaired) electrons. The van der Waals surface area contributed by atoms with Crippen molar-refractivity contribution in [3.63, 3.8) is 0 Å². The van der Waals surface area contributed by atoms with Gasteiger partial charge in [0.1, 0.15) is 0 Å². The zero-order valence-corrected chi connectivity index (χ0v) is 10.6. The molecule has 1 aromatic carbocycles. The van der Waals surface area contributed by atoms with E-state index in [0.717, 1.165) is 10.9 Å². The molecule has 2 rings (SSSR count). The summed E-state index contributed by atoms with van der Waals surface area (Å²) in [4.78, 5) is 11.8. The molecule has 1 heterocycles. The summed E-state index contributed by atoms with van der Waals surface area (Å²) in [5.41, 5.74) is 0.915. The van der Waals surface area contributed by atoms with Gasteiger partial charge in [-0.2, -0.15) is 5.10 Å². The summed E-state index contributed by atoms with van der Waals surface area (Å²) in [6, 6.07) is 7.69. The Kier molecular flexibility index (Phi) is 3.94. The fourth-order valence-electron chi connectivity index (χ4n) is 1.90. The molecule has 5 nitrogen and oxygen atoms in total. The van der Waals surface area contributed by atoms with Crippen LogP contribution < -0.4 is 5.32 Å². The Labute approximate surface area is 106 Å². The first kappa shape index (κ1) is 12.6. The number of methoxy groups -OCH3 is 1. The molecule has 0 bridgehead atoms. The number of carbonyl (C=O) groups excluding carboxylic acids is 1. The minimum absolute atomic E-state index is 0.0446. The molecule has 0 saturated heterocycles. The molecule has 0 fully saturated rings. The van der Waals surface area contributed by atoms with Gasteiger partial charge in [-0.25, -0.2) is 0 Å². The molecule has 1 amide bonds. The van der Waals surface area contributed by atoms with Gasteiger partial charge >= 0.3 is 0 Å². The summed E-state index contributed by atoms with van der Waals surface area (Å²) in [6.07, 6.45) is 0.426. The number of hydrogen-bond acceptors (Lipinski definition) is 3. The van der Waals surface area contributed by atoms with E-state index in [1.165, 1.54) is 0 Å². The van der Waals surface area contributed by atoms with Crippen molar-refractivity contribution in [1.82, 2.24) is 10.2 Å². The van der Waals surface area contributed by atoms with Gasteiger partial charge in [0, 0.05) is 25.5 Å². The van der Waals surface area contributed by atoms with Crippen molar-refractivity contribution in [3.05, 3.63) is 24.3 Å². The Balaban J connectivity index is 2.03. The van der Waals surface area contributed by atoms with E-state index in [4.69, 9.17) is 4.74 Å². The van der Waals surface area contributed by atoms with Crippen LogP contribution in [0, 0.1) is 5.92 Å². The van der Waals surface area contributed by atoms with Crippen LogP contribution in [0.3, 0.4) is 0 Å². The summed E-state index contributed by atoms with van der Waals surface area (Å²) in [5, 5.41) is 10.7. The fourth-order valence-corrected chi connectivity index (χ4v) is 1.90. The maximum absolute atomic E-state index is 11.8. The average Bonchev–Trinajstić information content (AvgIpc) is 2.73. The van der Waals surface area contributed by atoms with Crippen molar-refractivity contribution in [2.75, 3.05) is 19.0 Å². The zero-order chi connectivity index (χ0) is 13.0. The van der Waals surface area contributed by atoms with E-state index < -0.39 is 0 Å². The van der Waals surface area contributed by atoms with E-state index in [0.29, 0.717) is 18.8 Å². The van der Waals surface area contributed by atoms with Crippen LogP contribution in [0.1, 0.15) is 13.3 Å². The number of rotatable bonds is 5. The molecule has 2 aromatic rings. The molecule has 2 N–H and O–H groups in total. The van der Waals surface area contributed by atoms with Crippen molar-refractivity contribution in [1.29, 1.82) is 0 Å². The Hall–Kier alpha value is -1.88. The molecule has 1 unspecified atom stereocenters. The minimum atomic E-state index is -0.0446. The lowest BCUT2D eigenvalue weighted by Crippen LogP contribution is -2.17. The molecular formula is C13H17N3O2. The highest BCUT2D eigenvalue weighted by Gasteiger charge is 2.12. The number of ether oxygens (including phenoxy) is 1. The summed E-state index contributed by atoms with van der Waals surface area (Å²) < 4.78 is 5.01. The maximum atomic E-state index is 11.8. The van der Waals surface area contributed by atoms with Crippen molar-refractivity contribution < 1.29 is 9.53 Å². The zero-order valence-electron chi connectivity index (χ0n) is 10.6. The Morgan fingerprint density at radius 3 is 3.06 bits per heavy atom. The van der Waals surface area contributed by atoms with Crippen LogP contribution in [0.15, 0.2) is 24.3 Å². The Morgan fingerprint density at radius 2 is 2.28 bits per heavy atom. The predicted octanol–water partition coefficient (Wildman–Crippen LogP) is 2.17. The Morgan fingerprint density at radius 1 is 1.50 bits per heavy atom. The Bertz CT molecular complexity index is 536. The number of aromatic nitrogens is 2. The van der Waals surface area contributed by atoms with Crippen LogP contribution in [0.2, 0.25) is 0 Å². The van der Waals surface area contributed by atoms with E-state index in [1.807, 2.05) is 31.2 Å². The molecule has 1 aromatic heterocycles. The van der Waals surface area contributed by atoms with Gasteiger partial charge in [0.05, 0.1) is 5.52 Å². The third-order valence-corrected chi connectivity index (χ3v) is 2.71. The number of carbonyl (C=O) groups is 1. The first-order valence-electron chi connectivity index (χ1n) is 5.92. The van der Waals surface area contributed by atoms with Gasteiger partial charge < -0.3 is 10.1 Å². The highest BCUT2D eigenvalue weighted by Crippen LogP contribution is 2.19. The highest BCUT2D eigenvalue weighted by molar-refractivity contribution is 5.99. The van der Waals surface area contributed by atoms with Gasteiger partial charge in [0.25, 0.3) is 0 Å². The number of benzene rings is 1. The predicted molar refractivity (Wildman–Crippen MR) is 70.4 cm³/mol. The SMILES string of the molecule is COCC(C)CC(=O)Nc1n[nH]c2ccccc12. The van der Waals surface area contributed by atoms with Crippen molar-refractivity contribution in [2.45, 2.75) is 13.3 Å². The van der Waals surface area contributed by atoms with E-state index in [1.54, 1.807) is 7.11 Å². The van der Waals surface area contributed by atoms with Gasteiger partial charge in [-0.15, -0.1) is 0 Å². The second-order valence-electron chi connectivity index (χ2n) is 4.43. The molecule has 18 heavy (non-hydrogen) atoms. The van der Waals surface area contributed by atoms with Crippen LogP contribution in [0.4, 0.5) is 5.82 Å². The van der Waals surface area contributed by atoms with E-state index in [9.17, 15) is 4.79 Å². The number of H-pyrrole nitrogens is 1. The molecule has 0 aliphatic heterocycles. The minimum Gasteiger partial charge on any atom is -0.384 e. The summed E-state index contributed by atoms with van der Waals surface area (Å²) in [7, 11) is 1.63. The molecule has 0 aliphatic rings. The lowest BCUT2D eigenvalue weighted by Gasteiger charge is -2.09. The monoisotopic (exact) mass is 247 g/mol. The summed E-state index contributed by atoms with van der Waals surface area (Å²) in [5.74, 6) is 0.734. The van der Waals surface area contributed by atoms with Gasteiger partial charge in [-0.1, -0.05) is 19.1 Å². The summed E-state index contributed by atoms with van der Waals surface area (Å²) in [6.45, 7) is 2.56. The lowest BCUT2D eigenvalue weighted by atomic mass is 10.1. The van der Waals surface area contributed by atoms with Gasteiger partial charge in [-0.3, -0.25) is 9.89 Å². The second-order valence-corrected chi connectivity index (χ2v) is 4.43. The van der Waals surface area contributed by atoms with Crippen LogP contribution in [-0.2, 0) is 9.53 Å². The molecule has 0 spiro atoms. The molecule has 1 atom stereocenters. The highest BCUT2D eigenvalue weighted by atomic mass is 16.5. The van der Waals surface area contributed by atoms with Crippen LogP contribution >= 0.6 is 0 Å². The first-order chi connectivity index (χ1) is 8.70. The first-order valence-corrected chi connectivity index (χ1v) is 5.92. The van der Waals surface area contributed by atoms with E-state index in [-0.39, 0.29) is 11.8 Å². The number of aromatic amines is 1. The number of hydrogen-bond donors (Lipinski definition) is 2. The molecule has 96 valence electrons. The van der Waals surface area contributed by atoms with Gasteiger partial charge in [0.15, 0.2) is 5.82 Å². The van der Waals surface area contributed by atoms with E-state index in [2.05, 4.69) is 15.5 Å². The third-order valence-electron chi connectivity index (χ3n) is 2.71. The van der Waals surface area contributed by atoms with E-state index >= 15 is 0 Å². The van der Waals surface area contributed by atoms with Crippen LogP contribution in [-0.4, -0.2) is 29.8 Å². The van der Waals surface area contributed by atoms with Crippen LogP contribution in [0.5, 0.6) is 0 Å². The number of fused-ring (bicyclic) bond motifs is 1. The van der Waals surface area contributed by atoms with Crippen molar-refractivity contribution in [2.24, 2.45) is 5.92 Å². The number of amides is 1. The standard InChI is InChI=1S/C13H17N3O2/c1-9(8-18-2)7-12(17)14-13-10-5-3-4-6-11(10)15-16-13/h3-6,9H,7-8H2,1-2H3,(H2,14,15,16,17). The molecule has 0 saturated carbocycles. The molecule has 0 aliphatic carbocycles. The van der Waals surface area contributed by atoms with Crippen molar-refractivity contribution >= 4 is 22.6 Å². The van der Waals surface area contributed by atoms with Gasteiger partial charge in [0.2, 0.25) is 5.91 Å². The number of nitrogens with zero attached hydrogens (tertiary/aromatic N) is 1. The quantitative estimate of drug-likeness (QED) is 0.851.